The maximum atomic E-state index is 12.6. The van der Waals surface area contributed by atoms with E-state index in [1.165, 1.54) is 6.07 Å². The molecule has 0 aliphatic rings. The zero-order valence-corrected chi connectivity index (χ0v) is 7.99. The molecule has 0 aliphatic carbocycles. The minimum atomic E-state index is -0.569. The van der Waals surface area contributed by atoms with Crippen LogP contribution in [0, 0.1) is 11.9 Å². The van der Waals surface area contributed by atoms with E-state index in [9.17, 15) is 4.39 Å². The van der Waals surface area contributed by atoms with Crippen LogP contribution in [0.4, 0.5) is 4.39 Å². The standard InChI is InChI=1S/C9H13FN2O/c1-6(2)7(3)13-9-4-8(10)11-5-12-9/h4-7H,1-3H3. The molecule has 4 heteroatoms. The van der Waals surface area contributed by atoms with E-state index in [1.54, 1.807) is 0 Å². The summed E-state index contributed by atoms with van der Waals surface area (Å²) in [5, 5.41) is 0. The molecule has 0 amide bonds. The summed E-state index contributed by atoms with van der Waals surface area (Å²) in [6.45, 7) is 5.98. The summed E-state index contributed by atoms with van der Waals surface area (Å²) in [7, 11) is 0. The molecule has 1 heterocycles. The second-order valence-corrected chi connectivity index (χ2v) is 3.25. The highest BCUT2D eigenvalue weighted by Gasteiger charge is 2.09. The number of rotatable bonds is 3. The molecule has 13 heavy (non-hydrogen) atoms. The smallest absolute Gasteiger partial charge is 0.219 e. The molecule has 1 atom stereocenters. The number of hydrogen-bond acceptors (Lipinski definition) is 3. The Labute approximate surface area is 77.0 Å². The quantitative estimate of drug-likeness (QED) is 0.674. The van der Waals surface area contributed by atoms with Crippen molar-refractivity contribution in [3.05, 3.63) is 18.3 Å². The van der Waals surface area contributed by atoms with E-state index < -0.39 is 5.95 Å². The first-order chi connectivity index (χ1) is 6.09. The molecule has 1 aromatic heterocycles. The molecular weight excluding hydrogens is 171 g/mol. The van der Waals surface area contributed by atoms with Crippen molar-refractivity contribution in [3.63, 3.8) is 0 Å². The predicted molar refractivity (Wildman–Crippen MR) is 46.9 cm³/mol. The minimum absolute atomic E-state index is 0.0225. The highest BCUT2D eigenvalue weighted by Crippen LogP contribution is 2.12. The average molecular weight is 184 g/mol. The number of nitrogens with zero attached hydrogens (tertiary/aromatic N) is 2. The molecule has 0 saturated heterocycles. The second-order valence-electron chi connectivity index (χ2n) is 3.25. The van der Waals surface area contributed by atoms with Gasteiger partial charge in [-0.05, 0) is 12.8 Å². The van der Waals surface area contributed by atoms with E-state index in [-0.39, 0.29) is 12.0 Å². The van der Waals surface area contributed by atoms with Crippen LogP contribution in [0.2, 0.25) is 0 Å². The molecule has 0 fully saturated rings. The molecule has 0 aromatic carbocycles. The number of aromatic nitrogens is 2. The van der Waals surface area contributed by atoms with Crippen LogP contribution in [0.5, 0.6) is 5.88 Å². The van der Waals surface area contributed by atoms with E-state index in [2.05, 4.69) is 9.97 Å². The fourth-order valence-corrected chi connectivity index (χ4v) is 0.708. The van der Waals surface area contributed by atoms with Crippen LogP contribution in [-0.2, 0) is 0 Å². The van der Waals surface area contributed by atoms with Crippen molar-refractivity contribution in [2.24, 2.45) is 5.92 Å². The van der Waals surface area contributed by atoms with Crippen molar-refractivity contribution in [1.82, 2.24) is 9.97 Å². The van der Waals surface area contributed by atoms with Crippen molar-refractivity contribution >= 4 is 0 Å². The van der Waals surface area contributed by atoms with Crippen molar-refractivity contribution in [2.75, 3.05) is 0 Å². The van der Waals surface area contributed by atoms with Gasteiger partial charge in [-0.15, -0.1) is 0 Å². The van der Waals surface area contributed by atoms with Crippen molar-refractivity contribution < 1.29 is 9.13 Å². The summed E-state index contributed by atoms with van der Waals surface area (Å²) in [6, 6.07) is 1.18. The first-order valence-electron chi connectivity index (χ1n) is 4.24. The van der Waals surface area contributed by atoms with E-state index in [0.29, 0.717) is 5.92 Å². The zero-order chi connectivity index (χ0) is 9.84. The predicted octanol–water partition coefficient (Wildman–Crippen LogP) is 2.04. The summed E-state index contributed by atoms with van der Waals surface area (Å²) in [4.78, 5) is 7.12. The topological polar surface area (TPSA) is 35.0 Å². The van der Waals surface area contributed by atoms with E-state index in [1.807, 2.05) is 20.8 Å². The van der Waals surface area contributed by atoms with Crippen molar-refractivity contribution in [1.29, 1.82) is 0 Å². The fraction of sp³-hybridized carbons (Fsp3) is 0.556. The lowest BCUT2D eigenvalue weighted by Gasteiger charge is -2.16. The number of halogens is 1. The summed E-state index contributed by atoms with van der Waals surface area (Å²) < 4.78 is 18.0. The lowest BCUT2D eigenvalue weighted by atomic mass is 10.1. The maximum Gasteiger partial charge on any atom is 0.219 e. The SMILES string of the molecule is CC(C)C(C)Oc1cc(F)ncn1. The Kier molecular flexibility index (Phi) is 3.17. The molecule has 0 aliphatic heterocycles. The molecule has 0 spiro atoms. The highest BCUT2D eigenvalue weighted by atomic mass is 19.1. The molecule has 0 N–H and O–H groups in total. The van der Waals surface area contributed by atoms with Crippen LogP contribution < -0.4 is 4.74 Å². The van der Waals surface area contributed by atoms with Gasteiger partial charge in [0, 0.05) is 0 Å². The Bertz CT molecular complexity index is 278. The minimum Gasteiger partial charge on any atom is -0.474 e. The van der Waals surface area contributed by atoms with Crippen LogP contribution >= 0.6 is 0 Å². The highest BCUT2D eigenvalue weighted by molar-refractivity contribution is 5.06. The molecule has 0 saturated carbocycles. The van der Waals surface area contributed by atoms with E-state index in [4.69, 9.17) is 4.74 Å². The van der Waals surface area contributed by atoms with Crippen LogP contribution in [0.1, 0.15) is 20.8 Å². The fourth-order valence-electron chi connectivity index (χ4n) is 0.708. The average Bonchev–Trinajstić information content (AvgIpc) is 2.04. The third-order valence-corrected chi connectivity index (χ3v) is 1.85. The lowest BCUT2D eigenvalue weighted by molar-refractivity contribution is 0.162. The maximum absolute atomic E-state index is 12.6. The van der Waals surface area contributed by atoms with Gasteiger partial charge in [-0.2, -0.15) is 4.39 Å². The van der Waals surface area contributed by atoms with E-state index >= 15 is 0 Å². The third kappa shape index (κ3) is 2.97. The summed E-state index contributed by atoms with van der Waals surface area (Å²) >= 11 is 0. The van der Waals surface area contributed by atoms with E-state index in [0.717, 1.165) is 6.33 Å². The summed E-state index contributed by atoms with van der Waals surface area (Å²) in [5.41, 5.74) is 0. The van der Waals surface area contributed by atoms with Gasteiger partial charge < -0.3 is 4.74 Å². The number of hydrogen-bond donors (Lipinski definition) is 0. The zero-order valence-electron chi connectivity index (χ0n) is 7.99. The third-order valence-electron chi connectivity index (χ3n) is 1.85. The normalized spacial score (nSPS) is 13.0. The monoisotopic (exact) mass is 184 g/mol. The van der Waals surface area contributed by atoms with Gasteiger partial charge in [-0.1, -0.05) is 13.8 Å². The lowest BCUT2D eigenvalue weighted by Crippen LogP contribution is -2.19. The first-order valence-corrected chi connectivity index (χ1v) is 4.24. The molecule has 72 valence electrons. The van der Waals surface area contributed by atoms with Gasteiger partial charge in [0.2, 0.25) is 11.8 Å². The van der Waals surface area contributed by atoms with Gasteiger partial charge in [-0.25, -0.2) is 9.97 Å². The molecule has 0 bridgehead atoms. The Morgan fingerprint density at radius 1 is 1.31 bits per heavy atom. The molecular formula is C9H13FN2O. The van der Waals surface area contributed by atoms with Crippen molar-refractivity contribution in [3.8, 4) is 5.88 Å². The molecule has 1 rings (SSSR count). The molecule has 1 aromatic rings. The molecule has 3 nitrogen and oxygen atoms in total. The van der Waals surface area contributed by atoms with Crippen molar-refractivity contribution in [2.45, 2.75) is 26.9 Å². The summed E-state index contributed by atoms with van der Waals surface area (Å²) in [6.07, 6.45) is 1.17. The molecule has 0 radical (unpaired) electrons. The van der Waals surface area contributed by atoms with Gasteiger partial charge in [0.15, 0.2) is 0 Å². The van der Waals surface area contributed by atoms with Gasteiger partial charge in [0.1, 0.15) is 6.33 Å². The Hall–Kier alpha value is -1.19. The second kappa shape index (κ2) is 4.16. The largest absolute Gasteiger partial charge is 0.474 e. The number of ether oxygens (including phenoxy) is 1. The van der Waals surface area contributed by atoms with Crippen LogP contribution in [0.25, 0.3) is 0 Å². The Balaban J connectivity index is 2.64. The van der Waals surface area contributed by atoms with Gasteiger partial charge in [0.25, 0.3) is 0 Å². The van der Waals surface area contributed by atoms with Crippen LogP contribution in [0.3, 0.4) is 0 Å². The van der Waals surface area contributed by atoms with Gasteiger partial charge >= 0.3 is 0 Å². The molecule has 1 unspecified atom stereocenters. The van der Waals surface area contributed by atoms with Crippen LogP contribution in [-0.4, -0.2) is 16.1 Å². The Morgan fingerprint density at radius 3 is 2.54 bits per heavy atom. The Morgan fingerprint density at radius 2 is 2.00 bits per heavy atom. The summed E-state index contributed by atoms with van der Waals surface area (Å²) in [5.74, 6) is 0.0904. The van der Waals surface area contributed by atoms with Gasteiger partial charge in [0.05, 0.1) is 12.2 Å². The first kappa shape index (κ1) is 9.89. The van der Waals surface area contributed by atoms with Gasteiger partial charge in [-0.3, -0.25) is 0 Å². The van der Waals surface area contributed by atoms with Crippen LogP contribution in [0.15, 0.2) is 12.4 Å².